The molecule has 1 heterocycles. The average molecular weight is 281 g/mol. The third-order valence-electron chi connectivity index (χ3n) is 3.60. The van der Waals surface area contributed by atoms with E-state index in [4.69, 9.17) is 0 Å². The number of anilines is 1. The minimum atomic E-state index is -0.604. The summed E-state index contributed by atoms with van der Waals surface area (Å²) in [5.74, 6) is -1.42. The fraction of sp³-hybridized carbons (Fsp3) is 0.500. The van der Waals surface area contributed by atoms with E-state index in [1.165, 1.54) is 17.0 Å². The summed E-state index contributed by atoms with van der Waals surface area (Å²) >= 11 is 0. The molecule has 1 saturated heterocycles. The van der Waals surface area contributed by atoms with Gasteiger partial charge in [0.2, 0.25) is 5.91 Å². The average Bonchev–Trinajstić information content (AvgIpc) is 3.19. The van der Waals surface area contributed by atoms with Gasteiger partial charge in [0.25, 0.3) is 0 Å². The standard InChI is InChI=1S/C14H17F2N3O/c15-11-5-9(7-18-10-1-2-10)6-12(16)14(11)19-4-3-17-13(20)8-19/h5-6,10,18H,1-4,7-8H2,(H,17,20). The largest absolute Gasteiger partial charge is 0.356 e. The van der Waals surface area contributed by atoms with Crippen molar-refractivity contribution in [1.82, 2.24) is 10.6 Å². The van der Waals surface area contributed by atoms with Crippen LogP contribution in [0.3, 0.4) is 0 Å². The zero-order valence-electron chi connectivity index (χ0n) is 11.1. The molecule has 0 atom stereocenters. The number of piperazine rings is 1. The molecule has 3 rings (SSSR count). The van der Waals surface area contributed by atoms with Gasteiger partial charge in [0.05, 0.1) is 6.54 Å². The molecule has 1 aromatic rings. The van der Waals surface area contributed by atoms with E-state index in [0.717, 1.165) is 12.8 Å². The second kappa shape index (κ2) is 5.36. The lowest BCUT2D eigenvalue weighted by molar-refractivity contribution is -0.120. The predicted molar refractivity (Wildman–Crippen MR) is 71.4 cm³/mol. The van der Waals surface area contributed by atoms with Gasteiger partial charge in [-0.05, 0) is 30.5 Å². The van der Waals surface area contributed by atoms with Gasteiger partial charge in [-0.15, -0.1) is 0 Å². The van der Waals surface area contributed by atoms with Crippen LogP contribution in [-0.2, 0) is 11.3 Å². The Kier molecular flexibility index (Phi) is 3.56. The van der Waals surface area contributed by atoms with Gasteiger partial charge in [0.15, 0.2) is 0 Å². The summed E-state index contributed by atoms with van der Waals surface area (Å²) in [6, 6.07) is 3.19. The molecule has 0 radical (unpaired) electrons. The van der Waals surface area contributed by atoms with E-state index < -0.39 is 11.6 Å². The molecule has 2 N–H and O–H groups in total. The number of nitrogens with zero attached hydrogens (tertiary/aromatic N) is 1. The van der Waals surface area contributed by atoms with Crippen LogP contribution >= 0.6 is 0 Å². The topological polar surface area (TPSA) is 44.4 Å². The van der Waals surface area contributed by atoms with Crippen molar-refractivity contribution in [3.05, 3.63) is 29.3 Å². The molecule has 1 aliphatic heterocycles. The van der Waals surface area contributed by atoms with Crippen LogP contribution in [0.5, 0.6) is 0 Å². The molecule has 0 spiro atoms. The Bertz CT molecular complexity index is 508. The van der Waals surface area contributed by atoms with Gasteiger partial charge in [-0.25, -0.2) is 8.78 Å². The first-order valence-electron chi connectivity index (χ1n) is 6.86. The van der Waals surface area contributed by atoms with Crippen molar-refractivity contribution in [3.8, 4) is 0 Å². The summed E-state index contributed by atoms with van der Waals surface area (Å²) < 4.78 is 28.2. The lowest BCUT2D eigenvalue weighted by atomic mass is 10.1. The van der Waals surface area contributed by atoms with Crippen molar-refractivity contribution in [1.29, 1.82) is 0 Å². The molecule has 20 heavy (non-hydrogen) atoms. The van der Waals surface area contributed by atoms with E-state index in [0.29, 0.717) is 31.2 Å². The van der Waals surface area contributed by atoms with E-state index in [-0.39, 0.29) is 18.1 Å². The molecule has 0 aromatic heterocycles. The quantitative estimate of drug-likeness (QED) is 0.870. The Labute approximate surface area is 116 Å². The summed E-state index contributed by atoms with van der Waals surface area (Å²) in [5.41, 5.74) is 0.493. The molecule has 108 valence electrons. The van der Waals surface area contributed by atoms with Gasteiger partial charge in [-0.3, -0.25) is 4.79 Å². The molecule has 2 aliphatic rings. The number of hydrogen-bond acceptors (Lipinski definition) is 3. The zero-order valence-corrected chi connectivity index (χ0v) is 11.1. The highest BCUT2D eigenvalue weighted by molar-refractivity contribution is 5.82. The molecule has 2 fully saturated rings. The van der Waals surface area contributed by atoms with Gasteiger partial charge in [-0.2, -0.15) is 0 Å². The summed E-state index contributed by atoms with van der Waals surface area (Å²) in [7, 11) is 0. The lowest BCUT2D eigenvalue weighted by Crippen LogP contribution is -2.48. The maximum absolute atomic E-state index is 14.1. The van der Waals surface area contributed by atoms with Crippen LogP contribution < -0.4 is 15.5 Å². The van der Waals surface area contributed by atoms with Crippen LogP contribution in [0.4, 0.5) is 14.5 Å². The molecule has 1 aromatic carbocycles. The number of amides is 1. The van der Waals surface area contributed by atoms with Gasteiger partial charge in [0.1, 0.15) is 17.3 Å². The SMILES string of the molecule is O=C1CN(c2c(F)cc(CNC3CC3)cc2F)CCN1. The fourth-order valence-corrected chi connectivity index (χ4v) is 2.40. The zero-order chi connectivity index (χ0) is 14.1. The summed E-state index contributed by atoms with van der Waals surface area (Å²) in [6.45, 7) is 1.29. The van der Waals surface area contributed by atoms with Gasteiger partial charge in [0, 0.05) is 25.7 Å². The minimum Gasteiger partial charge on any atom is -0.356 e. The van der Waals surface area contributed by atoms with E-state index >= 15 is 0 Å². The molecule has 0 unspecified atom stereocenters. The van der Waals surface area contributed by atoms with Crippen molar-refractivity contribution in [2.75, 3.05) is 24.5 Å². The molecular formula is C14H17F2N3O. The number of carbonyl (C=O) groups excluding carboxylic acids is 1. The Morgan fingerprint density at radius 3 is 2.60 bits per heavy atom. The molecule has 1 saturated carbocycles. The first-order chi connectivity index (χ1) is 9.63. The fourth-order valence-electron chi connectivity index (χ4n) is 2.40. The Morgan fingerprint density at radius 1 is 1.30 bits per heavy atom. The van der Waals surface area contributed by atoms with Crippen molar-refractivity contribution < 1.29 is 13.6 Å². The van der Waals surface area contributed by atoms with Crippen molar-refractivity contribution in [2.24, 2.45) is 0 Å². The number of halogens is 2. The Hall–Kier alpha value is -1.69. The molecular weight excluding hydrogens is 264 g/mol. The molecule has 0 bridgehead atoms. The van der Waals surface area contributed by atoms with Crippen LogP contribution in [0.25, 0.3) is 0 Å². The Morgan fingerprint density at radius 2 is 2.00 bits per heavy atom. The highest BCUT2D eigenvalue weighted by Gasteiger charge is 2.24. The number of benzene rings is 1. The highest BCUT2D eigenvalue weighted by atomic mass is 19.1. The number of carbonyl (C=O) groups is 1. The third kappa shape index (κ3) is 2.90. The van der Waals surface area contributed by atoms with Crippen LogP contribution in [0.2, 0.25) is 0 Å². The normalized spacial score (nSPS) is 19.1. The molecule has 6 heteroatoms. The minimum absolute atomic E-state index is 0.00644. The third-order valence-corrected chi connectivity index (χ3v) is 3.60. The molecule has 1 amide bonds. The van der Waals surface area contributed by atoms with Gasteiger partial charge in [-0.1, -0.05) is 0 Å². The van der Waals surface area contributed by atoms with Crippen LogP contribution in [-0.4, -0.2) is 31.6 Å². The van der Waals surface area contributed by atoms with Gasteiger partial charge >= 0.3 is 0 Å². The van der Waals surface area contributed by atoms with Crippen molar-refractivity contribution >= 4 is 11.6 Å². The molecule has 4 nitrogen and oxygen atoms in total. The summed E-state index contributed by atoms with van der Waals surface area (Å²) in [5, 5.41) is 5.86. The van der Waals surface area contributed by atoms with Crippen molar-refractivity contribution in [3.63, 3.8) is 0 Å². The van der Waals surface area contributed by atoms with Crippen molar-refractivity contribution in [2.45, 2.75) is 25.4 Å². The second-order valence-corrected chi connectivity index (χ2v) is 5.33. The number of rotatable bonds is 4. The van der Waals surface area contributed by atoms with Crippen LogP contribution in [0.1, 0.15) is 18.4 Å². The number of hydrogen-bond donors (Lipinski definition) is 2. The molecule has 1 aliphatic carbocycles. The lowest BCUT2D eigenvalue weighted by Gasteiger charge is -2.29. The number of nitrogens with one attached hydrogen (secondary N) is 2. The maximum atomic E-state index is 14.1. The summed E-state index contributed by atoms with van der Waals surface area (Å²) in [6.07, 6.45) is 2.26. The summed E-state index contributed by atoms with van der Waals surface area (Å²) in [4.78, 5) is 12.8. The maximum Gasteiger partial charge on any atom is 0.239 e. The second-order valence-electron chi connectivity index (χ2n) is 5.33. The smallest absolute Gasteiger partial charge is 0.239 e. The first-order valence-corrected chi connectivity index (χ1v) is 6.86. The van der Waals surface area contributed by atoms with E-state index in [1.54, 1.807) is 0 Å². The van der Waals surface area contributed by atoms with Crippen LogP contribution in [0, 0.1) is 11.6 Å². The van der Waals surface area contributed by atoms with Crippen LogP contribution in [0.15, 0.2) is 12.1 Å². The monoisotopic (exact) mass is 281 g/mol. The van der Waals surface area contributed by atoms with E-state index in [2.05, 4.69) is 10.6 Å². The Balaban J connectivity index is 1.77. The van der Waals surface area contributed by atoms with Gasteiger partial charge < -0.3 is 15.5 Å². The van der Waals surface area contributed by atoms with E-state index in [1.807, 2.05) is 0 Å². The predicted octanol–water partition coefficient (Wildman–Crippen LogP) is 1.15. The first kappa shape index (κ1) is 13.3. The van der Waals surface area contributed by atoms with E-state index in [9.17, 15) is 13.6 Å². The highest BCUT2D eigenvalue weighted by Crippen LogP contribution is 2.26.